The van der Waals surface area contributed by atoms with E-state index in [1.54, 1.807) is 4.90 Å². The predicted octanol–water partition coefficient (Wildman–Crippen LogP) is 2.72. The zero-order valence-corrected chi connectivity index (χ0v) is 15.8. The number of halogens is 1. The Kier molecular flexibility index (Phi) is 3.37. The Bertz CT molecular complexity index is 934. The lowest BCUT2D eigenvalue weighted by molar-refractivity contribution is 0.00881. The Hall–Kier alpha value is -1.67. The second kappa shape index (κ2) is 5.41. The monoisotopic (exact) mass is 447 g/mol. The molecule has 0 radical (unpaired) electrons. The van der Waals surface area contributed by atoms with Crippen LogP contribution in [0, 0.1) is 9.49 Å². The molecule has 2 aromatic rings. The van der Waals surface area contributed by atoms with Crippen LogP contribution < -0.4 is 5.73 Å². The summed E-state index contributed by atoms with van der Waals surface area (Å²) in [5, 5.41) is 1.52. The van der Waals surface area contributed by atoms with Gasteiger partial charge in [0, 0.05) is 32.0 Å². The van der Waals surface area contributed by atoms with Gasteiger partial charge in [0.15, 0.2) is 0 Å². The van der Waals surface area contributed by atoms with Gasteiger partial charge in [-0.3, -0.25) is 14.5 Å². The molecular formula is C19H18IN3O2. The van der Waals surface area contributed by atoms with Gasteiger partial charge in [0.1, 0.15) is 0 Å². The summed E-state index contributed by atoms with van der Waals surface area (Å²) in [7, 11) is 0. The Morgan fingerprint density at radius 1 is 1.08 bits per heavy atom. The molecule has 0 aromatic heterocycles. The predicted molar refractivity (Wildman–Crippen MR) is 105 cm³/mol. The molecular weight excluding hydrogens is 429 g/mol. The molecule has 0 aliphatic carbocycles. The van der Waals surface area contributed by atoms with Crippen molar-refractivity contribution in [1.82, 2.24) is 9.80 Å². The number of carbonyl (C=O) groups excluding carboxylic acids is 2. The van der Waals surface area contributed by atoms with Crippen molar-refractivity contribution in [2.75, 3.05) is 25.4 Å². The van der Waals surface area contributed by atoms with Gasteiger partial charge in [-0.2, -0.15) is 0 Å². The third-order valence-electron chi connectivity index (χ3n) is 6.00. The minimum Gasteiger partial charge on any atom is -0.397 e. The summed E-state index contributed by atoms with van der Waals surface area (Å²) in [6.45, 7) is 2.97. The highest BCUT2D eigenvalue weighted by Gasteiger charge is 2.45. The van der Waals surface area contributed by atoms with Crippen molar-refractivity contribution < 1.29 is 9.59 Å². The standard InChI is InChI=1S/C19H18IN3O2/c20-14-8-13-16-11(17(14)21)2-1-3-12(16)18(24)23(19(13)25)15-9-22-6-4-10(15)5-7-22/h1-3,8,10,15H,4-7,9,21H2. The Morgan fingerprint density at radius 2 is 1.80 bits per heavy atom. The summed E-state index contributed by atoms with van der Waals surface area (Å²) in [4.78, 5) is 30.4. The number of nitrogen functional groups attached to an aromatic ring is 1. The molecule has 2 aromatic carbocycles. The topological polar surface area (TPSA) is 66.6 Å². The number of hydrogen-bond acceptors (Lipinski definition) is 4. The van der Waals surface area contributed by atoms with Gasteiger partial charge >= 0.3 is 0 Å². The van der Waals surface area contributed by atoms with E-state index in [-0.39, 0.29) is 17.9 Å². The van der Waals surface area contributed by atoms with E-state index in [0.29, 0.717) is 28.1 Å². The Balaban J connectivity index is 1.70. The summed E-state index contributed by atoms with van der Waals surface area (Å²) in [6, 6.07) is 7.40. The fourth-order valence-corrected chi connectivity index (χ4v) is 5.30. The maximum absolute atomic E-state index is 13.3. The maximum Gasteiger partial charge on any atom is 0.261 e. The number of anilines is 1. The number of nitrogens with zero attached hydrogens (tertiary/aromatic N) is 2. The van der Waals surface area contributed by atoms with Crippen molar-refractivity contribution >= 4 is 50.9 Å². The van der Waals surface area contributed by atoms with Crippen molar-refractivity contribution in [3.05, 3.63) is 39.0 Å². The molecule has 2 amide bonds. The highest BCUT2D eigenvalue weighted by molar-refractivity contribution is 14.1. The Morgan fingerprint density at radius 3 is 2.48 bits per heavy atom. The van der Waals surface area contributed by atoms with E-state index in [2.05, 4.69) is 27.5 Å². The smallest absolute Gasteiger partial charge is 0.261 e. The van der Waals surface area contributed by atoms with E-state index < -0.39 is 0 Å². The van der Waals surface area contributed by atoms with E-state index in [4.69, 9.17) is 5.73 Å². The van der Waals surface area contributed by atoms with Gasteiger partial charge in [-0.25, -0.2) is 0 Å². The largest absolute Gasteiger partial charge is 0.397 e. The number of hydrogen-bond donors (Lipinski definition) is 1. The van der Waals surface area contributed by atoms with Gasteiger partial charge in [-0.05, 0) is 66.6 Å². The normalized spacial score (nSPS) is 28.0. The molecule has 2 N–H and O–H groups in total. The number of carbonyl (C=O) groups is 2. The summed E-state index contributed by atoms with van der Waals surface area (Å²) < 4.78 is 0.855. The van der Waals surface area contributed by atoms with Crippen LogP contribution in [0.4, 0.5) is 5.69 Å². The van der Waals surface area contributed by atoms with Crippen LogP contribution in [0.15, 0.2) is 24.3 Å². The first-order valence-corrected chi connectivity index (χ1v) is 9.75. The number of amides is 2. The van der Waals surface area contributed by atoms with Gasteiger partial charge in [0.05, 0.1) is 11.7 Å². The van der Waals surface area contributed by atoms with Crippen LogP contribution in [0.2, 0.25) is 0 Å². The average Bonchev–Trinajstić information content (AvgIpc) is 2.64. The van der Waals surface area contributed by atoms with Crippen LogP contribution in [-0.4, -0.2) is 47.3 Å². The first-order valence-electron chi connectivity index (χ1n) is 8.67. The van der Waals surface area contributed by atoms with Gasteiger partial charge in [-0.1, -0.05) is 12.1 Å². The molecule has 3 fully saturated rings. The lowest BCUT2D eigenvalue weighted by atomic mass is 9.81. The number of nitrogens with two attached hydrogens (primary N) is 1. The summed E-state index contributed by atoms with van der Waals surface area (Å²) in [6.07, 6.45) is 2.14. The molecule has 1 atom stereocenters. The molecule has 0 saturated carbocycles. The second-order valence-corrected chi connectivity index (χ2v) is 8.40. The van der Waals surface area contributed by atoms with Crippen molar-refractivity contribution in [3.63, 3.8) is 0 Å². The molecule has 5 nitrogen and oxygen atoms in total. The number of rotatable bonds is 1. The molecule has 1 unspecified atom stereocenters. The van der Waals surface area contributed by atoms with E-state index in [1.807, 2.05) is 24.3 Å². The second-order valence-electron chi connectivity index (χ2n) is 7.23. The van der Waals surface area contributed by atoms with Crippen LogP contribution in [-0.2, 0) is 0 Å². The molecule has 6 rings (SSSR count). The zero-order valence-electron chi connectivity index (χ0n) is 13.7. The molecule has 0 spiro atoms. The molecule has 4 aliphatic rings. The SMILES string of the molecule is Nc1c(I)cc2c3c(cccc13)C(=O)N(C1CN3CCC1CC3)C2=O. The first-order chi connectivity index (χ1) is 12.1. The third kappa shape index (κ3) is 2.10. The lowest BCUT2D eigenvalue weighted by Crippen LogP contribution is -2.60. The molecule has 128 valence electrons. The highest BCUT2D eigenvalue weighted by atomic mass is 127. The van der Waals surface area contributed by atoms with Gasteiger partial charge in [-0.15, -0.1) is 0 Å². The Labute approximate surface area is 159 Å². The molecule has 6 heteroatoms. The van der Waals surface area contributed by atoms with E-state index in [1.165, 1.54) is 0 Å². The minimum atomic E-state index is -0.164. The van der Waals surface area contributed by atoms with Gasteiger partial charge in [0.25, 0.3) is 11.8 Å². The van der Waals surface area contributed by atoms with E-state index >= 15 is 0 Å². The number of imide groups is 1. The van der Waals surface area contributed by atoms with Crippen LogP contribution in [0.1, 0.15) is 33.6 Å². The van der Waals surface area contributed by atoms with Crippen molar-refractivity contribution in [3.8, 4) is 0 Å². The summed E-state index contributed by atoms with van der Waals surface area (Å²) in [5.41, 5.74) is 8.05. The van der Waals surface area contributed by atoms with Crippen molar-refractivity contribution in [2.24, 2.45) is 5.92 Å². The van der Waals surface area contributed by atoms with E-state index in [9.17, 15) is 9.59 Å². The number of fused-ring (bicyclic) bond motifs is 3. The van der Waals surface area contributed by atoms with Gasteiger partial charge in [0.2, 0.25) is 0 Å². The quantitative estimate of drug-likeness (QED) is 0.415. The van der Waals surface area contributed by atoms with E-state index in [0.717, 1.165) is 41.4 Å². The van der Waals surface area contributed by atoms with Crippen LogP contribution in [0.5, 0.6) is 0 Å². The molecule has 25 heavy (non-hydrogen) atoms. The average molecular weight is 447 g/mol. The van der Waals surface area contributed by atoms with Crippen molar-refractivity contribution in [2.45, 2.75) is 18.9 Å². The molecule has 3 saturated heterocycles. The maximum atomic E-state index is 13.3. The minimum absolute atomic E-state index is 0.0129. The molecule has 4 heterocycles. The van der Waals surface area contributed by atoms with Crippen LogP contribution in [0.3, 0.4) is 0 Å². The fraction of sp³-hybridized carbons (Fsp3) is 0.368. The lowest BCUT2D eigenvalue weighted by Gasteiger charge is -2.49. The van der Waals surface area contributed by atoms with Crippen LogP contribution in [0.25, 0.3) is 10.8 Å². The number of benzene rings is 2. The third-order valence-corrected chi connectivity index (χ3v) is 6.90. The van der Waals surface area contributed by atoms with Crippen molar-refractivity contribution in [1.29, 1.82) is 0 Å². The van der Waals surface area contributed by atoms with Gasteiger partial charge < -0.3 is 10.6 Å². The zero-order chi connectivity index (χ0) is 17.3. The molecule has 4 aliphatic heterocycles. The molecule has 2 bridgehead atoms. The summed E-state index contributed by atoms with van der Waals surface area (Å²) in [5.74, 6) is 0.0966. The fourth-order valence-electron chi connectivity index (χ4n) is 4.70. The highest BCUT2D eigenvalue weighted by Crippen LogP contribution is 2.39. The summed E-state index contributed by atoms with van der Waals surface area (Å²) >= 11 is 2.16. The first kappa shape index (κ1) is 15.6. The number of piperidine rings is 3. The van der Waals surface area contributed by atoms with Crippen LogP contribution >= 0.6 is 22.6 Å².